The third-order valence-corrected chi connectivity index (χ3v) is 3.41. The van der Waals surface area contributed by atoms with Gasteiger partial charge in [-0.1, -0.05) is 45.7 Å². The third kappa shape index (κ3) is 3.24. The minimum Gasteiger partial charge on any atom is -0.489 e. The van der Waals surface area contributed by atoms with Crippen molar-refractivity contribution in [3.8, 4) is 5.75 Å². The van der Waals surface area contributed by atoms with Gasteiger partial charge in [-0.2, -0.15) is 0 Å². The zero-order valence-electron chi connectivity index (χ0n) is 9.50. The lowest BCUT2D eigenvalue weighted by atomic mass is 10.2. The molecule has 0 heterocycles. The van der Waals surface area contributed by atoms with E-state index in [1.807, 2.05) is 24.3 Å². The Balaban J connectivity index is 2.13. The van der Waals surface area contributed by atoms with Crippen LogP contribution in [0, 0.1) is 5.82 Å². The number of benzene rings is 2. The molecular weight excluding hydrogens is 319 g/mol. The number of hydrogen-bond donors (Lipinski definition) is 0. The van der Waals surface area contributed by atoms with Gasteiger partial charge in [-0.25, -0.2) is 4.39 Å². The van der Waals surface area contributed by atoms with Gasteiger partial charge in [0.15, 0.2) is 0 Å². The van der Waals surface area contributed by atoms with Crippen molar-refractivity contribution >= 4 is 27.5 Å². The van der Waals surface area contributed by atoms with Gasteiger partial charge in [-0.15, -0.1) is 0 Å². The molecular formula is C14H11BrClFO. The lowest BCUT2D eigenvalue weighted by Crippen LogP contribution is -1.98. The van der Waals surface area contributed by atoms with Crippen LogP contribution in [-0.2, 0) is 11.9 Å². The first-order valence-corrected chi connectivity index (χ1v) is 6.91. The van der Waals surface area contributed by atoms with Crippen LogP contribution < -0.4 is 4.74 Å². The predicted octanol–water partition coefficient (Wildman–Crippen LogP) is 4.95. The van der Waals surface area contributed by atoms with E-state index in [-0.39, 0.29) is 5.82 Å². The van der Waals surface area contributed by atoms with Crippen LogP contribution in [-0.4, -0.2) is 0 Å². The molecule has 0 radical (unpaired) electrons. The molecule has 2 aromatic carbocycles. The van der Waals surface area contributed by atoms with E-state index in [4.69, 9.17) is 16.3 Å². The highest BCUT2D eigenvalue weighted by Gasteiger charge is 2.07. The molecule has 94 valence electrons. The molecule has 2 aromatic rings. The summed E-state index contributed by atoms with van der Waals surface area (Å²) in [5.74, 6) is 0.451. The van der Waals surface area contributed by atoms with Gasteiger partial charge in [-0.05, 0) is 29.8 Å². The molecule has 4 heteroatoms. The summed E-state index contributed by atoms with van der Waals surface area (Å²) in [6.07, 6.45) is 0. The summed E-state index contributed by atoms with van der Waals surface area (Å²) in [4.78, 5) is 0. The molecule has 0 aliphatic rings. The Labute approximate surface area is 119 Å². The van der Waals surface area contributed by atoms with Gasteiger partial charge in [0.1, 0.15) is 18.2 Å². The maximum absolute atomic E-state index is 13.0. The average molecular weight is 330 g/mol. The topological polar surface area (TPSA) is 9.23 Å². The van der Waals surface area contributed by atoms with Gasteiger partial charge < -0.3 is 4.74 Å². The molecule has 0 aromatic heterocycles. The summed E-state index contributed by atoms with van der Waals surface area (Å²) in [5, 5.41) is 1.27. The fourth-order valence-corrected chi connectivity index (χ4v) is 2.56. The Hall–Kier alpha value is -1.06. The van der Waals surface area contributed by atoms with Crippen molar-refractivity contribution in [2.24, 2.45) is 0 Å². The van der Waals surface area contributed by atoms with E-state index in [0.29, 0.717) is 22.7 Å². The molecule has 2 rings (SSSR count). The van der Waals surface area contributed by atoms with E-state index in [2.05, 4.69) is 15.9 Å². The largest absolute Gasteiger partial charge is 0.489 e. The van der Waals surface area contributed by atoms with Crippen LogP contribution in [0.25, 0.3) is 0 Å². The SMILES string of the molecule is Fc1cccc(COc2cccc(Cl)c2CBr)c1. The van der Waals surface area contributed by atoms with Crippen LogP contribution in [0.4, 0.5) is 4.39 Å². The first kappa shape index (κ1) is 13.4. The Morgan fingerprint density at radius 2 is 1.94 bits per heavy atom. The summed E-state index contributed by atoms with van der Waals surface area (Å²) >= 11 is 9.44. The molecule has 0 aliphatic carbocycles. The monoisotopic (exact) mass is 328 g/mol. The molecule has 0 fully saturated rings. The first-order valence-electron chi connectivity index (χ1n) is 5.41. The van der Waals surface area contributed by atoms with Crippen LogP contribution in [0.3, 0.4) is 0 Å². The van der Waals surface area contributed by atoms with Gasteiger partial charge in [0.2, 0.25) is 0 Å². The van der Waals surface area contributed by atoms with Crippen LogP contribution >= 0.6 is 27.5 Å². The summed E-state index contributed by atoms with van der Waals surface area (Å²) in [6.45, 7) is 0.318. The van der Waals surface area contributed by atoms with Crippen LogP contribution in [0.15, 0.2) is 42.5 Å². The molecule has 0 aliphatic heterocycles. The second kappa shape index (κ2) is 6.21. The lowest BCUT2D eigenvalue weighted by molar-refractivity contribution is 0.303. The summed E-state index contributed by atoms with van der Waals surface area (Å²) in [6, 6.07) is 11.8. The van der Waals surface area contributed by atoms with E-state index in [9.17, 15) is 4.39 Å². The maximum Gasteiger partial charge on any atom is 0.125 e. The fraction of sp³-hybridized carbons (Fsp3) is 0.143. The van der Waals surface area contributed by atoms with E-state index in [1.54, 1.807) is 6.07 Å². The second-order valence-electron chi connectivity index (χ2n) is 3.77. The summed E-state index contributed by atoms with van der Waals surface area (Å²) < 4.78 is 18.7. The third-order valence-electron chi connectivity index (χ3n) is 2.49. The van der Waals surface area contributed by atoms with Gasteiger partial charge in [-0.3, -0.25) is 0 Å². The fourth-order valence-electron chi connectivity index (χ4n) is 1.59. The quantitative estimate of drug-likeness (QED) is 0.721. The normalized spacial score (nSPS) is 10.4. The van der Waals surface area contributed by atoms with E-state index >= 15 is 0 Å². The van der Waals surface area contributed by atoms with Crippen LogP contribution in [0.1, 0.15) is 11.1 Å². The van der Waals surface area contributed by atoms with Gasteiger partial charge in [0.05, 0.1) is 0 Å². The second-order valence-corrected chi connectivity index (χ2v) is 4.74. The molecule has 0 amide bonds. The Morgan fingerprint density at radius 1 is 1.17 bits per heavy atom. The van der Waals surface area contributed by atoms with Crippen molar-refractivity contribution in [3.63, 3.8) is 0 Å². The first-order chi connectivity index (χ1) is 8.70. The molecule has 1 nitrogen and oxygen atoms in total. The Bertz CT molecular complexity index is 545. The number of alkyl halides is 1. The Morgan fingerprint density at radius 3 is 2.67 bits per heavy atom. The number of rotatable bonds is 4. The minimum absolute atomic E-state index is 0.261. The van der Waals surface area contributed by atoms with E-state index in [0.717, 1.165) is 11.1 Å². The van der Waals surface area contributed by atoms with Crippen molar-refractivity contribution in [2.75, 3.05) is 0 Å². The van der Waals surface area contributed by atoms with Crippen LogP contribution in [0.2, 0.25) is 5.02 Å². The van der Waals surface area contributed by atoms with Gasteiger partial charge in [0.25, 0.3) is 0 Å². The average Bonchev–Trinajstić information content (AvgIpc) is 2.36. The summed E-state index contributed by atoms with van der Waals surface area (Å²) in [7, 11) is 0. The lowest BCUT2D eigenvalue weighted by Gasteiger charge is -2.11. The zero-order chi connectivity index (χ0) is 13.0. The van der Waals surface area contributed by atoms with Crippen molar-refractivity contribution < 1.29 is 9.13 Å². The van der Waals surface area contributed by atoms with Gasteiger partial charge >= 0.3 is 0 Å². The molecule has 18 heavy (non-hydrogen) atoms. The van der Waals surface area contributed by atoms with Crippen molar-refractivity contribution in [2.45, 2.75) is 11.9 Å². The molecule has 0 unspecified atom stereocenters. The molecule has 0 N–H and O–H groups in total. The number of halogens is 3. The molecule has 0 bridgehead atoms. The molecule has 0 saturated carbocycles. The highest BCUT2D eigenvalue weighted by molar-refractivity contribution is 9.08. The maximum atomic E-state index is 13.0. The van der Waals surface area contributed by atoms with Crippen molar-refractivity contribution in [1.29, 1.82) is 0 Å². The molecule has 0 saturated heterocycles. The standard InChI is InChI=1S/C14H11BrClFO/c15-8-12-13(16)5-2-6-14(12)18-9-10-3-1-4-11(17)7-10/h1-7H,8-9H2. The summed E-state index contributed by atoms with van der Waals surface area (Å²) in [5.41, 5.74) is 1.69. The zero-order valence-corrected chi connectivity index (χ0v) is 11.8. The Kier molecular flexibility index (Phi) is 4.61. The van der Waals surface area contributed by atoms with E-state index in [1.165, 1.54) is 12.1 Å². The van der Waals surface area contributed by atoms with E-state index < -0.39 is 0 Å². The highest BCUT2D eigenvalue weighted by Crippen LogP contribution is 2.29. The van der Waals surface area contributed by atoms with Gasteiger partial charge in [0, 0.05) is 15.9 Å². The number of hydrogen-bond acceptors (Lipinski definition) is 1. The smallest absolute Gasteiger partial charge is 0.125 e. The highest BCUT2D eigenvalue weighted by atomic mass is 79.9. The number of ether oxygens (including phenoxy) is 1. The van der Waals surface area contributed by atoms with Crippen molar-refractivity contribution in [3.05, 3.63) is 64.4 Å². The van der Waals surface area contributed by atoms with Crippen LogP contribution in [0.5, 0.6) is 5.75 Å². The minimum atomic E-state index is -0.261. The predicted molar refractivity (Wildman–Crippen MR) is 74.8 cm³/mol. The molecule has 0 spiro atoms. The molecule has 0 atom stereocenters. The van der Waals surface area contributed by atoms with Crippen molar-refractivity contribution in [1.82, 2.24) is 0 Å².